The van der Waals surface area contributed by atoms with Gasteiger partial charge >= 0.3 is 0 Å². The van der Waals surface area contributed by atoms with Gasteiger partial charge < -0.3 is 26.2 Å². The first-order valence-electron chi connectivity index (χ1n) is 17.9. The molecule has 48 heavy (non-hydrogen) atoms. The highest BCUT2D eigenvalue weighted by molar-refractivity contribution is 6.38. The minimum absolute atomic E-state index is 0.0165. The third kappa shape index (κ3) is 8.76. The second kappa shape index (κ2) is 16.0. The Hall–Kier alpha value is -3.90. The van der Waals surface area contributed by atoms with Crippen LogP contribution in [0.1, 0.15) is 108 Å². The van der Waals surface area contributed by atoms with Gasteiger partial charge in [-0.25, -0.2) is 4.98 Å². The maximum absolute atomic E-state index is 14.3. The lowest BCUT2D eigenvalue weighted by molar-refractivity contribution is -0.145. The van der Waals surface area contributed by atoms with Crippen LogP contribution in [0.15, 0.2) is 18.6 Å². The quantitative estimate of drug-likeness (QED) is 0.206. The van der Waals surface area contributed by atoms with Gasteiger partial charge in [0.05, 0.1) is 12.2 Å². The van der Waals surface area contributed by atoms with E-state index < -0.39 is 53.6 Å². The zero-order valence-corrected chi connectivity index (χ0v) is 28.4. The van der Waals surface area contributed by atoms with Crippen molar-refractivity contribution >= 4 is 35.3 Å². The monoisotopic (exact) mass is 665 g/mol. The van der Waals surface area contributed by atoms with Crippen molar-refractivity contribution in [2.75, 3.05) is 6.54 Å². The van der Waals surface area contributed by atoms with Gasteiger partial charge in [0.25, 0.3) is 11.8 Å². The van der Waals surface area contributed by atoms with Crippen LogP contribution in [-0.4, -0.2) is 86.9 Å². The topological polar surface area (TPSA) is 180 Å². The fraction of sp³-hybridized carbons (Fsp3) is 0.714. The molecule has 0 aromatic carbocycles. The average Bonchev–Trinajstić information content (AvgIpc) is 4.04. The number of rotatable bonds is 15. The number of likely N-dealkylation sites (tertiary alicyclic amines) is 1. The lowest BCUT2D eigenvalue weighted by Crippen LogP contribution is -2.61. The standard InChI is InChI=1S/C35H51N7O6/c1-4-8-25(30(43)34(47)38-23-13-14-23)39-33(46)29-24(21-11-12-21)15-18-42(29)35(48)27(20(2)3)40-32(45)28(22-9-6-5-7-10-22)41-31(44)26-19-36-16-17-37-26/h16-17,19-25,27-29H,4-15,18H2,1-3H3,(H,38,47)(H,39,46)(H,40,45)(H,41,44)/t24-,25+,27+,28+,29+/m1/s1. The number of hydrogen-bond donors (Lipinski definition) is 4. The summed E-state index contributed by atoms with van der Waals surface area (Å²) in [5, 5.41) is 11.4. The Balaban J connectivity index is 1.32. The van der Waals surface area contributed by atoms with E-state index >= 15 is 0 Å². The van der Waals surface area contributed by atoms with Crippen molar-refractivity contribution in [1.29, 1.82) is 0 Å². The number of aromatic nitrogens is 2. The number of carbonyl (C=O) groups excluding carboxylic acids is 6. The molecule has 0 unspecified atom stereocenters. The minimum Gasteiger partial charge on any atom is -0.347 e. The van der Waals surface area contributed by atoms with Crippen LogP contribution in [0.3, 0.4) is 0 Å². The molecule has 1 aliphatic heterocycles. The zero-order chi connectivity index (χ0) is 34.4. The van der Waals surface area contributed by atoms with Crippen molar-refractivity contribution in [2.24, 2.45) is 23.7 Å². The number of nitrogens with zero attached hydrogens (tertiary/aromatic N) is 3. The smallest absolute Gasteiger partial charge is 0.289 e. The largest absolute Gasteiger partial charge is 0.347 e. The van der Waals surface area contributed by atoms with Gasteiger partial charge in [0, 0.05) is 25.0 Å². The molecule has 4 N–H and O–H groups in total. The molecular weight excluding hydrogens is 614 g/mol. The van der Waals surface area contributed by atoms with Crippen molar-refractivity contribution in [2.45, 2.75) is 128 Å². The Bertz CT molecular complexity index is 1340. The zero-order valence-electron chi connectivity index (χ0n) is 28.4. The van der Waals surface area contributed by atoms with Gasteiger partial charge in [-0.1, -0.05) is 46.5 Å². The van der Waals surface area contributed by atoms with Crippen LogP contribution in [0, 0.1) is 23.7 Å². The Labute approximate surface area is 282 Å². The lowest BCUT2D eigenvalue weighted by Gasteiger charge is -2.35. The van der Waals surface area contributed by atoms with E-state index in [0.29, 0.717) is 31.7 Å². The molecule has 1 saturated heterocycles. The summed E-state index contributed by atoms with van der Waals surface area (Å²) in [5.74, 6) is -3.29. The van der Waals surface area contributed by atoms with Crippen LogP contribution >= 0.6 is 0 Å². The summed E-state index contributed by atoms with van der Waals surface area (Å²) in [6.07, 6.45) is 13.9. The van der Waals surface area contributed by atoms with E-state index in [2.05, 4.69) is 31.2 Å². The van der Waals surface area contributed by atoms with E-state index in [1.807, 2.05) is 20.8 Å². The molecule has 5 rings (SSSR count). The fourth-order valence-electron chi connectivity index (χ4n) is 7.31. The number of amides is 5. The Morgan fingerprint density at radius 3 is 2.23 bits per heavy atom. The third-order valence-corrected chi connectivity index (χ3v) is 10.3. The summed E-state index contributed by atoms with van der Waals surface area (Å²) in [7, 11) is 0. The second-order valence-electron chi connectivity index (χ2n) is 14.4. The van der Waals surface area contributed by atoms with Crippen molar-refractivity contribution < 1.29 is 28.8 Å². The van der Waals surface area contributed by atoms with Gasteiger partial charge in [-0.05, 0) is 75.0 Å². The minimum atomic E-state index is -0.978. The molecule has 0 spiro atoms. The molecular formula is C35H51N7O6. The molecule has 0 bridgehead atoms. The first-order valence-corrected chi connectivity index (χ1v) is 17.9. The molecule has 5 atom stereocenters. The van der Waals surface area contributed by atoms with E-state index in [1.165, 1.54) is 18.6 Å². The summed E-state index contributed by atoms with van der Waals surface area (Å²) in [5.41, 5.74) is 0.101. The lowest BCUT2D eigenvalue weighted by atomic mass is 9.83. The molecule has 3 saturated carbocycles. The molecule has 13 nitrogen and oxygen atoms in total. The number of nitrogens with one attached hydrogen (secondary N) is 4. The number of Topliss-reactive ketones (excluding diaryl/α,β-unsaturated/α-hetero) is 1. The first kappa shape index (κ1) is 35.4. The van der Waals surface area contributed by atoms with Gasteiger partial charge in [-0.15, -0.1) is 0 Å². The van der Waals surface area contributed by atoms with E-state index in [4.69, 9.17) is 0 Å². The van der Waals surface area contributed by atoms with Gasteiger partial charge in [-0.2, -0.15) is 0 Å². The predicted molar refractivity (Wildman–Crippen MR) is 176 cm³/mol. The van der Waals surface area contributed by atoms with Gasteiger partial charge in [-0.3, -0.25) is 33.8 Å². The average molecular weight is 666 g/mol. The summed E-state index contributed by atoms with van der Waals surface area (Å²) >= 11 is 0. The summed E-state index contributed by atoms with van der Waals surface area (Å²) < 4.78 is 0. The van der Waals surface area contributed by atoms with Crippen LogP contribution < -0.4 is 21.3 Å². The normalized spacial score (nSPS) is 23.1. The number of carbonyl (C=O) groups is 6. The highest BCUT2D eigenvalue weighted by Gasteiger charge is 2.50. The highest BCUT2D eigenvalue weighted by Crippen LogP contribution is 2.45. The predicted octanol–water partition coefficient (Wildman–Crippen LogP) is 2.06. The summed E-state index contributed by atoms with van der Waals surface area (Å²) in [6, 6.07) is -3.58. The van der Waals surface area contributed by atoms with E-state index in [-0.39, 0.29) is 35.4 Å². The maximum atomic E-state index is 14.3. The Kier molecular flexibility index (Phi) is 11.8. The molecule has 3 aliphatic carbocycles. The Morgan fingerprint density at radius 2 is 1.62 bits per heavy atom. The fourth-order valence-corrected chi connectivity index (χ4v) is 7.31. The van der Waals surface area contributed by atoms with E-state index in [0.717, 1.165) is 57.8 Å². The second-order valence-corrected chi connectivity index (χ2v) is 14.4. The van der Waals surface area contributed by atoms with Crippen LogP contribution in [0.5, 0.6) is 0 Å². The van der Waals surface area contributed by atoms with Crippen molar-refractivity contribution in [3.05, 3.63) is 24.3 Å². The molecule has 2 heterocycles. The van der Waals surface area contributed by atoms with Crippen molar-refractivity contribution in [1.82, 2.24) is 36.1 Å². The van der Waals surface area contributed by atoms with Crippen LogP contribution in [-0.2, 0) is 24.0 Å². The molecule has 5 amide bonds. The Morgan fingerprint density at radius 1 is 0.896 bits per heavy atom. The first-order chi connectivity index (χ1) is 23.1. The highest BCUT2D eigenvalue weighted by atomic mass is 16.2. The molecule has 1 aromatic heterocycles. The van der Waals surface area contributed by atoms with Gasteiger partial charge in [0.15, 0.2) is 0 Å². The van der Waals surface area contributed by atoms with Gasteiger partial charge in [0.1, 0.15) is 23.8 Å². The molecule has 13 heteroatoms. The van der Waals surface area contributed by atoms with Gasteiger partial charge in [0.2, 0.25) is 23.5 Å². The van der Waals surface area contributed by atoms with Crippen LogP contribution in [0.4, 0.5) is 0 Å². The maximum Gasteiger partial charge on any atom is 0.289 e. The molecule has 0 radical (unpaired) electrons. The molecule has 1 aromatic rings. The van der Waals surface area contributed by atoms with Crippen LogP contribution in [0.2, 0.25) is 0 Å². The molecule has 4 fully saturated rings. The number of ketones is 1. The molecule has 262 valence electrons. The SMILES string of the molecule is CCC[C@H](NC(=O)[C@@H]1[C@@H](C2CC2)CCN1C(=O)[C@@H](NC(=O)[C@@H](NC(=O)c1cnccn1)C1CCCCC1)C(C)C)C(=O)C(=O)NC1CC1. The van der Waals surface area contributed by atoms with Crippen molar-refractivity contribution in [3.8, 4) is 0 Å². The van der Waals surface area contributed by atoms with Crippen LogP contribution in [0.25, 0.3) is 0 Å². The third-order valence-electron chi connectivity index (χ3n) is 10.3. The van der Waals surface area contributed by atoms with Crippen molar-refractivity contribution in [3.63, 3.8) is 0 Å². The summed E-state index contributed by atoms with van der Waals surface area (Å²) in [6.45, 7) is 5.92. The summed E-state index contributed by atoms with van der Waals surface area (Å²) in [4.78, 5) is 90.7. The van der Waals surface area contributed by atoms with E-state index in [9.17, 15) is 28.8 Å². The number of hydrogen-bond acceptors (Lipinski definition) is 8. The van der Waals surface area contributed by atoms with E-state index in [1.54, 1.807) is 4.90 Å². The molecule has 4 aliphatic rings.